The van der Waals surface area contributed by atoms with Gasteiger partial charge in [0.1, 0.15) is 0 Å². The summed E-state index contributed by atoms with van der Waals surface area (Å²) in [5.74, 6) is 1.07. The third kappa shape index (κ3) is 6.23. The summed E-state index contributed by atoms with van der Waals surface area (Å²) in [5.41, 5.74) is 5.43. The van der Waals surface area contributed by atoms with Crippen LogP contribution < -0.4 is 11.1 Å². The number of halogens is 1. The zero-order valence-electron chi connectivity index (χ0n) is 10.1. The summed E-state index contributed by atoms with van der Waals surface area (Å²) in [6.07, 6.45) is 0.871. The first kappa shape index (κ1) is 13.9. The Morgan fingerprint density at radius 1 is 1.35 bits per heavy atom. The van der Waals surface area contributed by atoms with Crippen molar-refractivity contribution in [3.63, 3.8) is 0 Å². The molecule has 0 unspecified atom stereocenters. The lowest BCUT2D eigenvalue weighted by Gasteiger charge is -2.07. The molecule has 17 heavy (non-hydrogen) atoms. The van der Waals surface area contributed by atoms with E-state index in [-0.39, 0.29) is 11.2 Å². The molecule has 1 rings (SSSR count). The molecule has 0 radical (unpaired) electrons. The molecule has 1 heterocycles. The smallest absolute Gasteiger partial charge is 0.228 e. The first-order chi connectivity index (χ1) is 8.08. The van der Waals surface area contributed by atoms with Crippen molar-refractivity contribution in [2.24, 2.45) is 5.92 Å². The van der Waals surface area contributed by atoms with Crippen molar-refractivity contribution in [3.8, 4) is 0 Å². The maximum Gasteiger partial charge on any atom is 0.228 e. The van der Waals surface area contributed by atoms with E-state index in [4.69, 9.17) is 22.1 Å². The molecule has 1 aromatic heterocycles. The third-order valence-corrected chi connectivity index (χ3v) is 1.99. The van der Waals surface area contributed by atoms with Gasteiger partial charge >= 0.3 is 0 Å². The zero-order valence-corrected chi connectivity index (χ0v) is 10.9. The highest BCUT2D eigenvalue weighted by molar-refractivity contribution is 6.28. The van der Waals surface area contributed by atoms with Gasteiger partial charge in [-0.05, 0) is 23.9 Å². The van der Waals surface area contributed by atoms with E-state index in [1.165, 1.54) is 0 Å². The number of nitrogens with zero attached hydrogens (tertiary/aromatic N) is 3. The largest absolute Gasteiger partial charge is 0.381 e. The average molecular weight is 260 g/mol. The van der Waals surface area contributed by atoms with Crippen LogP contribution in [0.1, 0.15) is 20.3 Å². The number of anilines is 2. The lowest BCUT2D eigenvalue weighted by atomic mass is 10.2. The summed E-state index contributed by atoms with van der Waals surface area (Å²) < 4.78 is 5.44. The summed E-state index contributed by atoms with van der Waals surface area (Å²) >= 11 is 5.64. The van der Waals surface area contributed by atoms with Crippen LogP contribution in [-0.2, 0) is 4.74 Å². The SMILES string of the molecule is CC(C)COCCCNc1nc(N)nc(Cl)n1. The number of hydrogen-bond donors (Lipinski definition) is 2. The Morgan fingerprint density at radius 2 is 2.12 bits per heavy atom. The van der Waals surface area contributed by atoms with Crippen LogP contribution in [0.15, 0.2) is 0 Å². The number of rotatable bonds is 7. The second-order valence-electron chi connectivity index (χ2n) is 4.04. The maximum absolute atomic E-state index is 5.64. The molecule has 0 aromatic carbocycles. The van der Waals surface area contributed by atoms with E-state index < -0.39 is 0 Å². The van der Waals surface area contributed by atoms with Gasteiger partial charge in [-0.25, -0.2) is 0 Å². The number of hydrogen-bond acceptors (Lipinski definition) is 6. The van der Waals surface area contributed by atoms with E-state index in [2.05, 4.69) is 34.1 Å². The molecule has 0 saturated heterocycles. The molecule has 0 fully saturated rings. The molecule has 6 nitrogen and oxygen atoms in total. The molecular weight excluding hydrogens is 242 g/mol. The molecule has 0 saturated carbocycles. The predicted molar refractivity (Wildman–Crippen MR) is 68.0 cm³/mol. The van der Waals surface area contributed by atoms with Gasteiger partial charge in [0.15, 0.2) is 0 Å². The molecule has 0 amide bonds. The fourth-order valence-electron chi connectivity index (χ4n) is 1.14. The van der Waals surface area contributed by atoms with Crippen LogP contribution in [0.4, 0.5) is 11.9 Å². The summed E-state index contributed by atoms with van der Waals surface area (Å²) in [5, 5.41) is 3.10. The van der Waals surface area contributed by atoms with Gasteiger partial charge in [0.2, 0.25) is 17.2 Å². The van der Waals surface area contributed by atoms with Gasteiger partial charge in [-0.3, -0.25) is 0 Å². The van der Waals surface area contributed by atoms with Gasteiger partial charge in [-0.15, -0.1) is 0 Å². The zero-order chi connectivity index (χ0) is 12.7. The van der Waals surface area contributed by atoms with Crippen LogP contribution in [0, 0.1) is 5.92 Å². The number of aromatic nitrogens is 3. The lowest BCUT2D eigenvalue weighted by Crippen LogP contribution is -2.11. The highest BCUT2D eigenvalue weighted by atomic mass is 35.5. The summed E-state index contributed by atoms with van der Waals surface area (Å²) in [7, 11) is 0. The molecular formula is C10H18ClN5O. The van der Waals surface area contributed by atoms with Crippen LogP contribution in [0.2, 0.25) is 5.28 Å². The van der Waals surface area contributed by atoms with Crippen LogP contribution in [0.5, 0.6) is 0 Å². The Balaban J connectivity index is 2.18. The number of nitrogens with two attached hydrogens (primary N) is 1. The maximum atomic E-state index is 5.64. The first-order valence-electron chi connectivity index (χ1n) is 5.56. The minimum absolute atomic E-state index is 0.0936. The van der Waals surface area contributed by atoms with Crippen molar-refractivity contribution >= 4 is 23.5 Å². The van der Waals surface area contributed by atoms with Crippen molar-refractivity contribution in [3.05, 3.63) is 5.28 Å². The molecule has 0 bridgehead atoms. The van der Waals surface area contributed by atoms with E-state index >= 15 is 0 Å². The Kier molecular flexibility index (Phi) is 5.93. The topological polar surface area (TPSA) is 86.0 Å². The second-order valence-corrected chi connectivity index (χ2v) is 4.37. The molecule has 0 atom stereocenters. The van der Waals surface area contributed by atoms with Gasteiger partial charge < -0.3 is 15.8 Å². The number of nitrogen functional groups attached to an aromatic ring is 1. The van der Waals surface area contributed by atoms with Crippen molar-refractivity contribution in [1.29, 1.82) is 0 Å². The summed E-state index contributed by atoms with van der Waals surface area (Å²) in [6, 6.07) is 0. The quantitative estimate of drug-likeness (QED) is 0.723. The monoisotopic (exact) mass is 259 g/mol. The molecule has 0 aliphatic carbocycles. The minimum Gasteiger partial charge on any atom is -0.381 e. The molecule has 0 spiro atoms. The summed E-state index contributed by atoms with van der Waals surface area (Å²) in [6.45, 7) is 6.43. The van der Waals surface area contributed by atoms with Gasteiger partial charge in [0.25, 0.3) is 0 Å². The number of ether oxygens (including phenoxy) is 1. The molecule has 3 N–H and O–H groups in total. The van der Waals surface area contributed by atoms with Crippen molar-refractivity contribution in [2.75, 3.05) is 30.8 Å². The van der Waals surface area contributed by atoms with Crippen LogP contribution >= 0.6 is 11.6 Å². The van der Waals surface area contributed by atoms with E-state index in [0.717, 1.165) is 13.0 Å². The van der Waals surface area contributed by atoms with Gasteiger partial charge in [0.05, 0.1) is 0 Å². The van der Waals surface area contributed by atoms with E-state index in [1.54, 1.807) is 0 Å². The van der Waals surface area contributed by atoms with Gasteiger partial charge in [0, 0.05) is 19.8 Å². The van der Waals surface area contributed by atoms with E-state index in [9.17, 15) is 0 Å². The first-order valence-corrected chi connectivity index (χ1v) is 5.94. The van der Waals surface area contributed by atoms with Gasteiger partial charge in [-0.2, -0.15) is 15.0 Å². The highest BCUT2D eigenvalue weighted by Crippen LogP contribution is 2.06. The fraction of sp³-hybridized carbons (Fsp3) is 0.700. The lowest BCUT2D eigenvalue weighted by molar-refractivity contribution is 0.110. The number of nitrogens with one attached hydrogen (secondary N) is 1. The Bertz CT molecular complexity index is 327. The molecule has 0 aliphatic heterocycles. The predicted octanol–water partition coefficient (Wildman–Crippen LogP) is 1.58. The van der Waals surface area contributed by atoms with Gasteiger partial charge in [-0.1, -0.05) is 13.8 Å². The average Bonchev–Trinajstić information content (AvgIpc) is 2.21. The molecule has 96 valence electrons. The van der Waals surface area contributed by atoms with E-state index in [0.29, 0.717) is 25.0 Å². The van der Waals surface area contributed by atoms with E-state index in [1.807, 2.05) is 0 Å². The normalized spacial score (nSPS) is 10.8. The van der Waals surface area contributed by atoms with Crippen molar-refractivity contribution < 1.29 is 4.74 Å². The van der Waals surface area contributed by atoms with Crippen molar-refractivity contribution in [1.82, 2.24) is 15.0 Å². The minimum atomic E-state index is 0.0936. The molecule has 7 heteroatoms. The van der Waals surface area contributed by atoms with Crippen molar-refractivity contribution in [2.45, 2.75) is 20.3 Å². The highest BCUT2D eigenvalue weighted by Gasteiger charge is 2.01. The summed E-state index contributed by atoms with van der Waals surface area (Å²) in [4.78, 5) is 11.5. The van der Waals surface area contributed by atoms with Crippen LogP contribution in [0.3, 0.4) is 0 Å². The Morgan fingerprint density at radius 3 is 2.76 bits per heavy atom. The van der Waals surface area contributed by atoms with Crippen LogP contribution in [-0.4, -0.2) is 34.7 Å². The molecule has 1 aromatic rings. The second kappa shape index (κ2) is 7.24. The Hall–Kier alpha value is -1.14. The Labute approximate surface area is 106 Å². The third-order valence-electron chi connectivity index (χ3n) is 1.83. The molecule has 0 aliphatic rings. The fourth-order valence-corrected chi connectivity index (χ4v) is 1.30. The standard InChI is InChI=1S/C10H18ClN5O/c1-7(2)6-17-5-3-4-13-10-15-8(11)14-9(12)16-10/h7H,3-6H2,1-2H3,(H3,12,13,14,15,16). The van der Waals surface area contributed by atoms with Crippen LogP contribution in [0.25, 0.3) is 0 Å².